The molecular formula is C34H35O6P. The fraction of sp³-hybridized carbons (Fsp3) is 0.235. The Hall–Kier alpha value is -4.15. The quantitative estimate of drug-likeness (QED) is 0.141. The molecule has 3 rings (SSSR count). The van der Waals surface area contributed by atoms with E-state index in [1.807, 2.05) is 82.3 Å². The Kier molecular flexibility index (Phi) is 10.3. The first-order valence-electron chi connectivity index (χ1n) is 13.1. The second-order valence-corrected chi connectivity index (χ2v) is 12.2. The summed E-state index contributed by atoms with van der Waals surface area (Å²) in [6, 6.07) is 16.4. The van der Waals surface area contributed by atoms with E-state index < -0.39 is 19.9 Å². The Morgan fingerprint density at radius 3 is 1.29 bits per heavy atom. The van der Waals surface area contributed by atoms with Crippen molar-refractivity contribution in [3.05, 3.63) is 123 Å². The Balaban J connectivity index is 2.01. The molecule has 0 heterocycles. The number of carbonyl (C=O) groups excluding carboxylic acids is 4. The SMILES string of the molecule is C=C(C)C(=O)OCc1cc(C)c(C(=O)P(C(=O)c2c(C)cc(COC(=O)C(=C)C)cc2C)c2ccccc2)c(C)c1. The first kappa shape index (κ1) is 31.4. The van der Waals surface area contributed by atoms with Crippen molar-refractivity contribution in [2.75, 3.05) is 0 Å². The van der Waals surface area contributed by atoms with Crippen molar-refractivity contribution in [3.8, 4) is 0 Å². The summed E-state index contributed by atoms with van der Waals surface area (Å²) in [5.41, 5.74) is 5.42. The van der Waals surface area contributed by atoms with Gasteiger partial charge in [0, 0.05) is 22.3 Å². The lowest BCUT2D eigenvalue weighted by molar-refractivity contribution is -0.141. The van der Waals surface area contributed by atoms with Crippen LogP contribution in [0.2, 0.25) is 0 Å². The first-order valence-corrected chi connectivity index (χ1v) is 14.4. The van der Waals surface area contributed by atoms with E-state index >= 15 is 0 Å². The molecule has 7 heteroatoms. The molecule has 3 aromatic carbocycles. The summed E-state index contributed by atoms with van der Waals surface area (Å²) in [4.78, 5) is 52.2. The van der Waals surface area contributed by atoms with Gasteiger partial charge < -0.3 is 9.47 Å². The third-order valence-corrected chi connectivity index (χ3v) is 8.54. The molecular weight excluding hydrogens is 535 g/mol. The molecule has 0 spiro atoms. The van der Waals surface area contributed by atoms with Gasteiger partial charge in [0.1, 0.15) is 13.2 Å². The molecule has 0 unspecified atom stereocenters. The number of hydrogen-bond donors (Lipinski definition) is 0. The molecule has 0 saturated heterocycles. The van der Waals surface area contributed by atoms with Crippen LogP contribution in [0.15, 0.2) is 78.9 Å². The largest absolute Gasteiger partial charge is 0.457 e. The second-order valence-electron chi connectivity index (χ2n) is 10.2. The molecule has 0 aromatic heterocycles. The molecule has 0 aliphatic carbocycles. The van der Waals surface area contributed by atoms with Crippen molar-refractivity contribution in [1.82, 2.24) is 0 Å². The van der Waals surface area contributed by atoms with Crippen LogP contribution in [0.5, 0.6) is 0 Å². The Labute approximate surface area is 242 Å². The van der Waals surface area contributed by atoms with Gasteiger partial charge in [0.05, 0.1) is 7.92 Å². The maximum Gasteiger partial charge on any atom is 0.333 e. The lowest BCUT2D eigenvalue weighted by Crippen LogP contribution is -2.19. The number of hydrogen-bond acceptors (Lipinski definition) is 6. The van der Waals surface area contributed by atoms with Gasteiger partial charge in [-0.25, -0.2) is 9.59 Å². The van der Waals surface area contributed by atoms with Gasteiger partial charge in [-0.1, -0.05) is 67.8 Å². The molecule has 0 fully saturated rings. The Bertz CT molecular complexity index is 1410. The average molecular weight is 571 g/mol. The Morgan fingerprint density at radius 2 is 0.976 bits per heavy atom. The van der Waals surface area contributed by atoms with Gasteiger partial charge in [0.15, 0.2) is 11.0 Å². The summed E-state index contributed by atoms with van der Waals surface area (Å²) in [7, 11) is -1.94. The van der Waals surface area contributed by atoms with Crippen LogP contribution in [-0.2, 0) is 32.3 Å². The minimum atomic E-state index is -1.94. The molecule has 6 nitrogen and oxygen atoms in total. The molecule has 0 aliphatic heterocycles. The van der Waals surface area contributed by atoms with E-state index in [9.17, 15) is 19.2 Å². The summed E-state index contributed by atoms with van der Waals surface area (Å²) in [5.74, 6) is -0.964. The zero-order valence-corrected chi connectivity index (χ0v) is 25.3. The normalized spacial score (nSPS) is 10.7. The summed E-state index contributed by atoms with van der Waals surface area (Å²) in [5, 5.41) is 0.661. The topological polar surface area (TPSA) is 86.7 Å². The van der Waals surface area contributed by atoms with Crippen LogP contribution >= 0.6 is 7.92 Å². The van der Waals surface area contributed by atoms with Gasteiger partial charge >= 0.3 is 11.9 Å². The van der Waals surface area contributed by atoms with Crippen LogP contribution in [0.4, 0.5) is 0 Å². The molecule has 0 atom stereocenters. The number of aryl methyl sites for hydroxylation is 4. The second kappa shape index (κ2) is 13.5. The monoisotopic (exact) mass is 570 g/mol. The highest BCUT2D eigenvalue weighted by Crippen LogP contribution is 2.45. The van der Waals surface area contributed by atoms with Crippen LogP contribution in [0, 0.1) is 27.7 Å². The van der Waals surface area contributed by atoms with Gasteiger partial charge in [-0.2, -0.15) is 0 Å². The van der Waals surface area contributed by atoms with Crippen LogP contribution in [-0.4, -0.2) is 23.0 Å². The Morgan fingerprint density at radius 1 is 0.634 bits per heavy atom. The zero-order valence-electron chi connectivity index (χ0n) is 24.4. The highest BCUT2D eigenvalue weighted by molar-refractivity contribution is 7.96. The molecule has 3 aromatic rings. The minimum absolute atomic E-state index is 0.0562. The van der Waals surface area contributed by atoms with Crippen molar-refractivity contribution in [3.63, 3.8) is 0 Å². The van der Waals surface area contributed by atoms with Gasteiger partial charge in [-0.05, 0) is 80.2 Å². The summed E-state index contributed by atoms with van der Waals surface area (Å²) < 4.78 is 10.6. The number of rotatable bonds is 11. The number of ether oxygens (including phenoxy) is 2. The van der Waals surface area contributed by atoms with Gasteiger partial charge in [0.25, 0.3) is 0 Å². The van der Waals surface area contributed by atoms with Crippen LogP contribution in [0.3, 0.4) is 0 Å². The highest BCUT2D eigenvalue weighted by atomic mass is 31.1. The molecule has 41 heavy (non-hydrogen) atoms. The standard InChI is InChI=1S/C34H35O6P/c1-20(2)31(35)39-18-26-14-22(5)29(23(6)15-26)33(37)41(28-12-10-9-11-13-28)34(38)30-24(7)16-27(17-25(30)8)19-40-32(36)21(3)4/h9-17H,1,3,18-19H2,2,4-8H3. The third-order valence-electron chi connectivity index (χ3n) is 6.47. The summed E-state index contributed by atoms with van der Waals surface area (Å²) >= 11 is 0. The fourth-order valence-electron chi connectivity index (χ4n) is 4.62. The lowest BCUT2D eigenvalue weighted by atomic mass is 10.0. The fourth-order valence-corrected chi connectivity index (χ4v) is 6.90. The van der Waals surface area contributed by atoms with Crippen molar-refractivity contribution in [2.45, 2.75) is 54.8 Å². The van der Waals surface area contributed by atoms with E-state index in [-0.39, 0.29) is 24.3 Å². The van der Waals surface area contributed by atoms with Crippen LogP contribution < -0.4 is 5.30 Å². The smallest absolute Gasteiger partial charge is 0.333 e. The minimum Gasteiger partial charge on any atom is -0.457 e. The summed E-state index contributed by atoms with van der Waals surface area (Å²) in [6.45, 7) is 17.8. The van der Waals surface area contributed by atoms with Crippen LogP contribution in [0.25, 0.3) is 0 Å². The van der Waals surface area contributed by atoms with Crippen LogP contribution in [0.1, 0.15) is 67.9 Å². The maximum atomic E-state index is 14.2. The van der Waals surface area contributed by atoms with Crippen molar-refractivity contribution >= 4 is 36.2 Å². The molecule has 212 valence electrons. The van der Waals surface area contributed by atoms with Gasteiger partial charge in [-0.3, -0.25) is 9.59 Å². The first-order chi connectivity index (χ1) is 19.3. The zero-order chi connectivity index (χ0) is 30.4. The highest BCUT2D eigenvalue weighted by Gasteiger charge is 2.33. The number of carbonyl (C=O) groups is 4. The third kappa shape index (κ3) is 7.53. The van der Waals surface area contributed by atoms with Crippen molar-refractivity contribution < 1.29 is 28.7 Å². The average Bonchev–Trinajstić information content (AvgIpc) is 2.90. The van der Waals surface area contributed by atoms with E-state index in [0.29, 0.717) is 49.8 Å². The van der Waals surface area contributed by atoms with E-state index in [1.165, 1.54) is 0 Å². The molecule has 0 N–H and O–H groups in total. The number of esters is 2. The van der Waals surface area contributed by atoms with Crippen molar-refractivity contribution in [1.29, 1.82) is 0 Å². The number of benzene rings is 3. The van der Waals surface area contributed by atoms with Gasteiger partial charge in [0.2, 0.25) is 0 Å². The molecule has 0 aliphatic rings. The molecule has 0 saturated carbocycles. The molecule has 0 radical (unpaired) electrons. The van der Waals surface area contributed by atoms with Gasteiger partial charge in [-0.15, -0.1) is 0 Å². The lowest BCUT2D eigenvalue weighted by Gasteiger charge is -2.21. The molecule has 0 amide bonds. The van der Waals surface area contributed by atoms with E-state index in [0.717, 1.165) is 11.1 Å². The van der Waals surface area contributed by atoms with Crippen molar-refractivity contribution in [2.24, 2.45) is 0 Å². The maximum absolute atomic E-state index is 14.2. The van der Waals surface area contributed by atoms with E-state index in [4.69, 9.17) is 9.47 Å². The van der Waals surface area contributed by atoms with E-state index in [1.54, 1.807) is 13.8 Å². The summed E-state index contributed by atoms with van der Waals surface area (Å²) in [6.07, 6.45) is 0. The van der Waals surface area contributed by atoms with E-state index in [2.05, 4.69) is 13.2 Å². The predicted molar refractivity (Wildman–Crippen MR) is 163 cm³/mol. The molecule has 0 bridgehead atoms. The predicted octanol–water partition coefficient (Wildman–Crippen LogP) is 6.95.